The molecule has 0 bridgehead atoms. The zero-order valence-electron chi connectivity index (χ0n) is 11.0. The maximum atomic E-state index is 12.2. The highest BCUT2D eigenvalue weighted by Crippen LogP contribution is 2.35. The van der Waals surface area contributed by atoms with E-state index >= 15 is 0 Å². The lowest BCUT2D eigenvalue weighted by Crippen LogP contribution is -2.28. The van der Waals surface area contributed by atoms with Crippen LogP contribution < -0.4 is 5.73 Å². The minimum Gasteiger partial charge on any atom is -0.324 e. The van der Waals surface area contributed by atoms with Crippen LogP contribution in [0.25, 0.3) is 0 Å². The van der Waals surface area contributed by atoms with Crippen molar-refractivity contribution in [2.75, 3.05) is 0 Å². The second-order valence-corrected chi connectivity index (χ2v) is 7.79. The molecule has 2 rings (SSSR count). The van der Waals surface area contributed by atoms with Gasteiger partial charge in [-0.3, -0.25) is 4.21 Å². The lowest BCUT2D eigenvalue weighted by atomic mass is 9.85. The molecule has 1 aromatic carbocycles. The summed E-state index contributed by atoms with van der Waals surface area (Å²) in [6, 6.07) is 6.26. The maximum Gasteiger partial charge on any atom is 0.0562 e. The molecule has 0 aromatic heterocycles. The van der Waals surface area contributed by atoms with E-state index in [0.29, 0.717) is 0 Å². The Morgan fingerprint density at radius 1 is 1.35 bits per heavy atom. The highest BCUT2D eigenvalue weighted by atomic mass is 32.2. The molecule has 0 fully saturated rings. The summed E-state index contributed by atoms with van der Waals surface area (Å²) in [6.45, 7) is 8.56. The van der Waals surface area contributed by atoms with E-state index in [9.17, 15) is 4.21 Å². The lowest BCUT2D eigenvalue weighted by Gasteiger charge is -2.29. The predicted octanol–water partition coefficient (Wildman–Crippen LogP) is 2.88. The molecule has 0 saturated heterocycles. The Balaban J connectivity index is 2.53. The lowest BCUT2D eigenvalue weighted by molar-refractivity contribution is 0.570. The van der Waals surface area contributed by atoms with Gasteiger partial charge in [0.15, 0.2) is 0 Å². The van der Waals surface area contributed by atoms with Crippen molar-refractivity contribution in [2.24, 2.45) is 5.73 Å². The molecule has 1 aliphatic heterocycles. The summed E-state index contributed by atoms with van der Waals surface area (Å²) in [5.41, 5.74) is 8.63. The summed E-state index contributed by atoms with van der Waals surface area (Å²) in [6.07, 6.45) is 0.813. The third-order valence-electron chi connectivity index (χ3n) is 3.44. The average molecular weight is 251 g/mol. The molecule has 0 spiro atoms. The topological polar surface area (TPSA) is 43.1 Å². The number of hydrogen-bond donors (Lipinski definition) is 1. The smallest absolute Gasteiger partial charge is 0.0562 e. The number of benzene rings is 1. The zero-order valence-corrected chi connectivity index (χ0v) is 11.8. The predicted molar refractivity (Wildman–Crippen MR) is 72.6 cm³/mol. The van der Waals surface area contributed by atoms with Gasteiger partial charge < -0.3 is 5.73 Å². The fraction of sp³-hybridized carbons (Fsp3) is 0.571. The minimum atomic E-state index is -0.896. The zero-order chi connectivity index (χ0) is 12.8. The molecule has 1 heterocycles. The van der Waals surface area contributed by atoms with Gasteiger partial charge in [0.1, 0.15) is 0 Å². The summed E-state index contributed by atoms with van der Waals surface area (Å²) in [5, 5.41) is 0.165. The Morgan fingerprint density at radius 3 is 2.59 bits per heavy atom. The van der Waals surface area contributed by atoms with E-state index in [-0.39, 0.29) is 16.7 Å². The Morgan fingerprint density at radius 2 is 2.00 bits per heavy atom. The van der Waals surface area contributed by atoms with Crippen LogP contribution in [0.5, 0.6) is 0 Å². The van der Waals surface area contributed by atoms with Gasteiger partial charge in [0.25, 0.3) is 0 Å². The van der Waals surface area contributed by atoms with Crippen LogP contribution in [0.1, 0.15) is 51.3 Å². The fourth-order valence-electron chi connectivity index (χ4n) is 2.28. The van der Waals surface area contributed by atoms with Crippen molar-refractivity contribution in [3.63, 3.8) is 0 Å². The molecule has 1 aliphatic rings. The molecule has 2 nitrogen and oxygen atoms in total. The van der Waals surface area contributed by atoms with Gasteiger partial charge in [-0.1, -0.05) is 39.8 Å². The van der Waals surface area contributed by atoms with E-state index in [1.165, 1.54) is 5.56 Å². The monoisotopic (exact) mass is 251 g/mol. The molecule has 3 unspecified atom stereocenters. The molecular weight excluding hydrogens is 230 g/mol. The summed E-state index contributed by atoms with van der Waals surface area (Å²) in [7, 11) is -0.896. The van der Waals surface area contributed by atoms with Gasteiger partial charge in [0, 0.05) is 16.2 Å². The van der Waals surface area contributed by atoms with E-state index in [1.54, 1.807) is 0 Å². The SMILES string of the molecule is CC1CC(N)c2cc(C(C)(C)C)ccc2S1=O. The molecule has 2 N–H and O–H groups in total. The van der Waals surface area contributed by atoms with Crippen molar-refractivity contribution >= 4 is 10.8 Å². The summed E-state index contributed by atoms with van der Waals surface area (Å²) in [5.74, 6) is 0. The molecule has 0 aliphatic carbocycles. The third-order valence-corrected chi connectivity index (χ3v) is 5.17. The molecule has 17 heavy (non-hydrogen) atoms. The van der Waals surface area contributed by atoms with E-state index in [4.69, 9.17) is 5.73 Å². The number of rotatable bonds is 0. The Kier molecular flexibility index (Phi) is 3.17. The second kappa shape index (κ2) is 4.21. The van der Waals surface area contributed by atoms with E-state index < -0.39 is 10.8 Å². The Hall–Kier alpha value is -0.670. The molecular formula is C14H21NOS. The van der Waals surface area contributed by atoms with E-state index in [1.807, 2.05) is 13.0 Å². The molecule has 3 atom stereocenters. The van der Waals surface area contributed by atoms with Crippen molar-refractivity contribution in [1.29, 1.82) is 0 Å². The fourth-order valence-corrected chi connectivity index (χ4v) is 3.74. The minimum absolute atomic E-state index is 0.0278. The van der Waals surface area contributed by atoms with Crippen LogP contribution in [0, 0.1) is 0 Å². The van der Waals surface area contributed by atoms with Gasteiger partial charge in [-0.15, -0.1) is 0 Å². The quantitative estimate of drug-likeness (QED) is 0.770. The maximum absolute atomic E-state index is 12.2. The van der Waals surface area contributed by atoms with Crippen LogP contribution in [-0.4, -0.2) is 9.46 Å². The molecule has 0 radical (unpaired) electrons. The van der Waals surface area contributed by atoms with Gasteiger partial charge in [-0.2, -0.15) is 0 Å². The van der Waals surface area contributed by atoms with Crippen LogP contribution in [0.15, 0.2) is 23.1 Å². The van der Waals surface area contributed by atoms with Crippen LogP contribution in [-0.2, 0) is 16.2 Å². The molecule has 0 saturated carbocycles. The first-order valence-electron chi connectivity index (χ1n) is 6.11. The molecule has 1 aromatic rings. The third kappa shape index (κ3) is 2.31. The first-order valence-corrected chi connectivity index (χ1v) is 7.32. The average Bonchev–Trinajstić information content (AvgIpc) is 2.24. The van der Waals surface area contributed by atoms with Gasteiger partial charge in [-0.05, 0) is 29.0 Å². The first-order chi connectivity index (χ1) is 7.80. The van der Waals surface area contributed by atoms with Crippen LogP contribution >= 0.6 is 0 Å². The first kappa shape index (κ1) is 12.8. The summed E-state index contributed by atoms with van der Waals surface area (Å²) in [4.78, 5) is 0.934. The van der Waals surface area contributed by atoms with Crippen molar-refractivity contribution in [3.8, 4) is 0 Å². The molecule has 94 valence electrons. The van der Waals surface area contributed by atoms with Gasteiger partial charge in [-0.25, -0.2) is 0 Å². The van der Waals surface area contributed by atoms with Crippen LogP contribution in [0.4, 0.5) is 0 Å². The normalized spacial score (nSPS) is 28.9. The van der Waals surface area contributed by atoms with Crippen molar-refractivity contribution in [3.05, 3.63) is 29.3 Å². The van der Waals surface area contributed by atoms with Crippen LogP contribution in [0.3, 0.4) is 0 Å². The van der Waals surface area contributed by atoms with E-state index in [2.05, 4.69) is 32.9 Å². The summed E-state index contributed by atoms with van der Waals surface area (Å²) >= 11 is 0. The largest absolute Gasteiger partial charge is 0.324 e. The second-order valence-electron chi connectivity index (χ2n) is 5.95. The number of fused-ring (bicyclic) bond motifs is 1. The number of nitrogens with two attached hydrogens (primary N) is 1. The highest BCUT2D eigenvalue weighted by molar-refractivity contribution is 7.85. The van der Waals surface area contributed by atoms with Crippen molar-refractivity contribution in [2.45, 2.75) is 55.7 Å². The summed E-state index contributed by atoms with van der Waals surface area (Å²) < 4.78 is 12.2. The van der Waals surface area contributed by atoms with Gasteiger partial charge >= 0.3 is 0 Å². The van der Waals surface area contributed by atoms with E-state index in [0.717, 1.165) is 16.9 Å². The molecule has 0 amide bonds. The van der Waals surface area contributed by atoms with Gasteiger partial charge in [0.2, 0.25) is 0 Å². The number of hydrogen-bond acceptors (Lipinski definition) is 2. The van der Waals surface area contributed by atoms with Crippen LogP contribution in [0.2, 0.25) is 0 Å². The highest BCUT2D eigenvalue weighted by Gasteiger charge is 2.29. The van der Waals surface area contributed by atoms with Crippen molar-refractivity contribution < 1.29 is 4.21 Å². The standard InChI is InChI=1S/C14H21NOS/c1-9-7-12(15)11-8-10(14(2,3)4)5-6-13(11)17(9)16/h5-6,8-9,12H,7,15H2,1-4H3. The Bertz CT molecular complexity index is 462. The molecule has 3 heteroatoms. The van der Waals surface area contributed by atoms with Crippen molar-refractivity contribution in [1.82, 2.24) is 0 Å². The Labute approximate surface area is 106 Å². The van der Waals surface area contributed by atoms with Gasteiger partial charge in [0.05, 0.1) is 10.8 Å².